The van der Waals surface area contributed by atoms with E-state index in [-0.39, 0.29) is 11.9 Å². The summed E-state index contributed by atoms with van der Waals surface area (Å²) in [7, 11) is 0. The van der Waals surface area contributed by atoms with Crippen LogP contribution < -0.4 is 5.32 Å². The number of halogens is 2. The highest BCUT2D eigenvalue weighted by Crippen LogP contribution is 2.23. The number of hydrogen-bond acceptors (Lipinski definition) is 1. The number of hydrogen-bond donors (Lipinski definition) is 1. The third-order valence-electron chi connectivity index (χ3n) is 3.94. The smallest absolute Gasteiger partial charge is 0.220 e. The second-order valence-corrected chi connectivity index (χ2v) is 6.46. The standard InChI is InChI=1S/C19H21Cl2NO/c1-3-18(16-7-5-4-6-13(16)2)22-19(23)11-9-14-8-10-15(20)12-17(14)21/h4-8,10,12,18H,3,9,11H2,1-2H3,(H,22,23)/t18-/m0/s1. The van der Waals surface area contributed by atoms with Crippen molar-refractivity contribution >= 4 is 29.1 Å². The van der Waals surface area contributed by atoms with Gasteiger partial charge in [-0.1, -0.05) is 60.5 Å². The maximum absolute atomic E-state index is 12.3. The first-order valence-electron chi connectivity index (χ1n) is 7.80. The minimum absolute atomic E-state index is 0.0334. The molecule has 0 aliphatic heterocycles. The van der Waals surface area contributed by atoms with Crippen LogP contribution >= 0.6 is 23.2 Å². The lowest BCUT2D eigenvalue weighted by molar-refractivity contribution is -0.121. The number of amides is 1. The van der Waals surface area contributed by atoms with Crippen molar-refractivity contribution in [2.45, 2.75) is 39.2 Å². The summed E-state index contributed by atoms with van der Waals surface area (Å²) in [5.74, 6) is 0.0334. The first kappa shape index (κ1) is 17.8. The Kier molecular flexibility index (Phi) is 6.49. The van der Waals surface area contributed by atoms with Gasteiger partial charge >= 0.3 is 0 Å². The van der Waals surface area contributed by atoms with E-state index >= 15 is 0 Å². The number of nitrogens with one attached hydrogen (secondary N) is 1. The number of rotatable bonds is 6. The molecule has 23 heavy (non-hydrogen) atoms. The normalized spacial score (nSPS) is 12.0. The summed E-state index contributed by atoms with van der Waals surface area (Å²) in [6.45, 7) is 4.14. The van der Waals surface area contributed by atoms with Gasteiger partial charge in [0.25, 0.3) is 0 Å². The van der Waals surface area contributed by atoms with E-state index in [4.69, 9.17) is 23.2 Å². The summed E-state index contributed by atoms with van der Waals surface area (Å²) in [6, 6.07) is 13.6. The Balaban J connectivity index is 1.97. The minimum atomic E-state index is 0.0334. The van der Waals surface area contributed by atoms with Gasteiger partial charge in [0.05, 0.1) is 6.04 Å². The molecule has 2 aromatic rings. The number of carbonyl (C=O) groups is 1. The van der Waals surface area contributed by atoms with Gasteiger partial charge < -0.3 is 5.32 Å². The summed E-state index contributed by atoms with van der Waals surface area (Å²) in [4.78, 5) is 12.3. The molecule has 0 bridgehead atoms. The summed E-state index contributed by atoms with van der Waals surface area (Å²) < 4.78 is 0. The predicted molar refractivity (Wildman–Crippen MR) is 97.1 cm³/mol. The maximum Gasteiger partial charge on any atom is 0.220 e. The minimum Gasteiger partial charge on any atom is -0.349 e. The lowest BCUT2D eigenvalue weighted by Gasteiger charge is -2.19. The molecule has 0 saturated heterocycles. The fourth-order valence-electron chi connectivity index (χ4n) is 2.62. The zero-order valence-electron chi connectivity index (χ0n) is 13.4. The van der Waals surface area contributed by atoms with E-state index < -0.39 is 0 Å². The van der Waals surface area contributed by atoms with Crippen LogP contribution in [0.3, 0.4) is 0 Å². The lowest BCUT2D eigenvalue weighted by atomic mass is 9.99. The average molecular weight is 350 g/mol. The van der Waals surface area contributed by atoms with E-state index in [2.05, 4.69) is 31.3 Å². The van der Waals surface area contributed by atoms with Crippen LogP contribution in [-0.4, -0.2) is 5.91 Å². The third kappa shape index (κ3) is 4.98. The van der Waals surface area contributed by atoms with Crippen LogP contribution in [0.25, 0.3) is 0 Å². The van der Waals surface area contributed by atoms with Gasteiger partial charge in [0.15, 0.2) is 0 Å². The summed E-state index contributed by atoms with van der Waals surface area (Å²) in [6.07, 6.45) is 1.87. The van der Waals surface area contributed by atoms with Crippen LogP contribution in [0, 0.1) is 6.92 Å². The highest BCUT2D eigenvalue weighted by molar-refractivity contribution is 6.35. The Hall–Kier alpha value is -1.51. The van der Waals surface area contributed by atoms with Gasteiger partial charge in [-0.2, -0.15) is 0 Å². The topological polar surface area (TPSA) is 29.1 Å². The van der Waals surface area contributed by atoms with Gasteiger partial charge in [-0.05, 0) is 48.6 Å². The van der Waals surface area contributed by atoms with Crippen LogP contribution in [0.5, 0.6) is 0 Å². The van der Waals surface area contributed by atoms with Crippen LogP contribution in [0.15, 0.2) is 42.5 Å². The molecule has 0 spiro atoms. The Morgan fingerprint density at radius 2 is 1.91 bits per heavy atom. The summed E-state index contributed by atoms with van der Waals surface area (Å²) in [5.41, 5.74) is 3.31. The average Bonchev–Trinajstić information content (AvgIpc) is 2.52. The van der Waals surface area contributed by atoms with Gasteiger partial charge in [0.2, 0.25) is 5.91 Å². The van der Waals surface area contributed by atoms with Crippen molar-refractivity contribution in [3.8, 4) is 0 Å². The Morgan fingerprint density at radius 3 is 2.57 bits per heavy atom. The first-order valence-corrected chi connectivity index (χ1v) is 8.55. The van der Waals surface area contributed by atoms with Crippen LogP contribution in [0.1, 0.15) is 42.5 Å². The van der Waals surface area contributed by atoms with Crippen molar-refractivity contribution in [2.75, 3.05) is 0 Å². The molecule has 0 aliphatic rings. The molecule has 1 N–H and O–H groups in total. The van der Waals surface area contributed by atoms with Gasteiger partial charge in [-0.15, -0.1) is 0 Å². The van der Waals surface area contributed by atoms with Crippen molar-refractivity contribution in [1.29, 1.82) is 0 Å². The Bertz CT molecular complexity index is 685. The Morgan fingerprint density at radius 1 is 1.17 bits per heavy atom. The molecule has 4 heteroatoms. The van der Waals surface area contributed by atoms with Crippen LogP contribution in [0.4, 0.5) is 0 Å². The van der Waals surface area contributed by atoms with Gasteiger partial charge in [0, 0.05) is 16.5 Å². The monoisotopic (exact) mass is 349 g/mol. The van der Waals surface area contributed by atoms with E-state index in [0.717, 1.165) is 12.0 Å². The summed E-state index contributed by atoms with van der Waals surface area (Å²) >= 11 is 12.0. The molecule has 1 atom stereocenters. The van der Waals surface area contributed by atoms with Crippen LogP contribution in [0.2, 0.25) is 10.0 Å². The second-order valence-electron chi connectivity index (χ2n) is 5.62. The number of benzene rings is 2. The molecule has 1 amide bonds. The molecule has 0 aliphatic carbocycles. The predicted octanol–water partition coefficient (Wildman–Crippen LogP) is 5.50. The second kappa shape index (κ2) is 8.37. The molecule has 122 valence electrons. The van der Waals surface area contributed by atoms with Gasteiger partial charge in [-0.25, -0.2) is 0 Å². The quantitative estimate of drug-likeness (QED) is 0.732. The van der Waals surface area contributed by atoms with Crippen LogP contribution in [-0.2, 0) is 11.2 Å². The Labute approximate surface area is 147 Å². The SMILES string of the molecule is CC[C@H](NC(=O)CCc1ccc(Cl)cc1Cl)c1ccccc1C. The third-order valence-corrected chi connectivity index (χ3v) is 4.53. The highest BCUT2D eigenvalue weighted by Gasteiger charge is 2.14. The molecule has 2 rings (SSSR count). The van der Waals surface area contributed by atoms with E-state index in [0.29, 0.717) is 22.9 Å². The number of aryl methyl sites for hydroxylation is 2. The summed E-state index contributed by atoms with van der Waals surface area (Å²) in [5, 5.41) is 4.33. The van der Waals surface area contributed by atoms with E-state index in [1.807, 2.05) is 18.2 Å². The fourth-order valence-corrected chi connectivity index (χ4v) is 3.12. The lowest BCUT2D eigenvalue weighted by Crippen LogP contribution is -2.28. The van der Waals surface area contributed by atoms with Gasteiger partial charge in [-0.3, -0.25) is 4.79 Å². The van der Waals surface area contributed by atoms with Crippen molar-refractivity contribution in [1.82, 2.24) is 5.32 Å². The van der Waals surface area contributed by atoms with Crippen molar-refractivity contribution in [3.05, 3.63) is 69.2 Å². The molecule has 2 aromatic carbocycles. The molecule has 0 heterocycles. The fraction of sp³-hybridized carbons (Fsp3) is 0.316. The molecule has 0 radical (unpaired) electrons. The van der Waals surface area contributed by atoms with Crippen molar-refractivity contribution in [2.24, 2.45) is 0 Å². The molecule has 0 saturated carbocycles. The molecule has 0 unspecified atom stereocenters. The van der Waals surface area contributed by atoms with Gasteiger partial charge in [0.1, 0.15) is 0 Å². The molecular weight excluding hydrogens is 329 g/mol. The molecule has 0 aromatic heterocycles. The largest absolute Gasteiger partial charge is 0.349 e. The zero-order chi connectivity index (χ0) is 16.8. The number of carbonyl (C=O) groups excluding carboxylic acids is 1. The van der Waals surface area contributed by atoms with E-state index in [1.165, 1.54) is 11.1 Å². The van der Waals surface area contributed by atoms with E-state index in [9.17, 15) is 4.79 Å². The van der Waals surface area contributed by atoms with Crippen molar-refractivity contribution < 1.29 is 4.79 Å². The zero-order valence-corrected chi connectivity index (χ0v) is 14.9. The molecule has 2 nitrogen and oxygen atoms in total. The highest BCUT2D eigenvalue weighted by atomic mass is 35.5. The molecular formula is C19H21Cl2NO. The molecule has 0 fully saturated rings. The first-order chi connectivity index (χ1) is 11.0. The maximum atomic E-state index is 12.3. The van der Waals surface area contributed by atoms with Crippen molar-refractivity contribution in [3.63, 3.8) is 0 Å². The van der Waals surface area contributed by atoms with E-state index in [1.54, 1.807) is 12.1 Å².